The van der Waals surface area contributed by atoms with Gasteiger partial charge in [0.05, 0.1) is 12.1 Å². The van der Waals surface area contributed by atoms with Crippen molar-refractivity contribution in [2.75, 3.05) is 18.5 Å². The Morgan fingerprint density at radius 2 is 1.66 bits per heavy atom. The van der Waals surface area contributed by atoms with Crippen molar-refractivity contribution in [1.82, 2.24) is 5.32 Å². The number of hydrogen-bond donors (Lipinski definition) is 2. The Hall–Kier alpha value is -3.49. The molecule has 29 heavy (non-hydrogen) atoms. The summed E-state index contributed by atoms with van der Waals surface area (Å²) in [5, 5.41) is 5.04. The minimum atomic E-state index is -3.03. The minimum absolute atomic E-state index is 0.0521. The summed E-state index contributed by atoms with van der Waals surface area (Å²) >= 11 is 0. The topological polar surface area (TPSA) is 93.7 Å². The van der Waals surface area contributed by atoms with Crippen molar-refractivity contribution >= 4 is 23.5 Å². The maximum absolute atomic E-state index is 12.2. The largest absolute Gasteiger partial charge is 0.452 e. The molecule has 154 valence electrons. The third-order valence-electron chi connectivity index (χ3n) is 3.82. The van der Waals surface area contributed by atoms with Gasteiger partial charge in [-0.05, 0) is 43.2 Å². The van der Waals surface area contributed by atoms with E-state index in [0.29, 0.717) is 5.69 Å². The molecule has 0 heterocycles. The summed E-state index contributed by atoms with van der Waals surface area (Å²) in [6.07, 6.45) is 0. The summed E-state index contributed by atoms with van der Waals surface area (Å²) in [6.45, 7) is -0.261. The molecule has 0 aliphatic rings. The van der Waals surface area contributed by atoms with Gasteiger partial charge in [0.15, 0.2) is 6.61 Å². The average Bonchev–Trinajstić information content (AvgIpc) is 2.67. The Kier molecular flexibility index (Phi) is 7.64. The first-order valence-electron chi connectivity index (χ1n) is 8.61. The van der Waals surface area contributed by atoms with Crippen LogP contribution in [0.2, 0.25) is 0 Å². The number of esters is 1. The molecule has 0 aliphatic carbocycles. The van der Waals surface area contributed by atoms with Crippen LogP contribution in [-0.2, 0) is 14.3 Å². The van der Waals surface area contributed by atoms with Gasteiger partial charge in [-0.3, -0.25) is 9.59 Å². The first kappa shape index (κ1) is 21.8. The Morgan fingerprint density at radius 1 is 1.00 bits per heavy atom. The molecule has 0 radical (unpaired) electrons. The molecule has 0 unspecified atom stereocenters. The lowest BCUT2D eigenvalue weighted by molar-refractivity contribution is -0.126. The average molecular weight is 406 g/mol. The number of carbonyl (C=O) groups is 3. The van der Waals surface area contributed by atoms with Crippen LogP contribution in [0, 0.1) is 13.8 Å². The summed E-state index contributed by atoms with van der Waals surface area (Å²) in [6, 6.07) is 10.6. The SMILES string of the molecule is Cc1cccc(C)c1NC(=O)CNC(=O)COC(=O)c1cccc(OC(F)F)c1. The third-order valence-corrected chi connectivity index (χ3v) is 3.82. The van der Waals surface area contributed by atoms with E-state index in [-0.39, 0.29) is 17.9 Å². The van der Waals surface area contributed by atoms with Gasteiger partial charge in [0, 0.05) is 5.69 Å². The predicted octanol–water partition coefficient (Wildman–Crippen LogP) is 2.82. The number of anilines is 1. The van der Waals surface area contributed by atoms with Crippen LogP contribution in [0.15, 0.2) is 42.5 Å². The number of nitrogens with one attached hydrogen (secondary N) is 2. The molecule has 7 nitrogen and oxygen atoms in total. The molecule has 0 spiro atoms. The highest BCUT2D eigenvalue weighted by molar-refractivity contribution is 5.96. The number of ether oxygens (including phenoxy) is 2. The van der Waals surface area contributed by atoms with E-state index in [0.717, 1.165) is 17.2 Å². The molecular weight excluding hydrogens is 386 g/mol. The molecule has 0 fully saturated rings. The number of rotatable bonds is 8. The lowest BCUT2D eigenvalue weighted by Gasteiger charge is -2.12. The summed E-state index contributed by atoms with van der Waals surface area (Å²) in [5.74, 6) is -2.21. The number of alkyl halides is 2. The van der Waals surface area contributed by atoms with Crippen molar-refractivity contribution in [2.24, 2.45) is 0 Å². The lowest BCUT2D eigenvalue weighted by atomic mass is 10.1. The number of para-hydroxylation sites is 1. The van der Waals surface area contributed by atoms with Gasteiger partial charge in [0.25, 0.3) is 5.91 Å². The van der Waals surface area contributed by atoms with E-state index in [2.05, 4.69) is 15.4 Å². The van der Waals surface area contributed by atoms with Gasteiger partial charge >= 0.3 is 12.6 Å². The molecule has 2 N–H and O–H groups in total. The molecule has 0 saturated carbocycles. The van der Waals surface area contributed by atoms with Gasteiger partial charge in [-0.1, -0.05) is 24.3 Å². The van der Waals surface area contributed by atoms with E-state index in [1.54, 1.807) is 0 Å². The highest BCUT2D eigenvalue weighted by Gasteiger charge is 2.14. The second-order valence-electron chi connectivity index (χ2n) is 6.07. The van der Waals surface area contributed by atoms with E-state index in [4.69, 9.17) is 4.74 Å². The van der Waals surface area contributed by atoms with E-state index in [1.807, 2.05) is 32.0 Å². The fourth-order valence-electron chi connectivity index (χ4n) is 2.44. The molecule has 2 aromatic carbocycles. The highest BCUT2D eigenvalue weighted by atomic mass is 19.3. The molecule has 2 aromatic rings. The number of benzene rings is 2. The Morgan fingerprint density at radius 3 is 2.31 bits per heavy atom. The lowest BCUT2D eigenvalue weighted by Crippen LogP contribution is -2.35. The van der Waals surface area contributed by atoms with E-state index < -0.39 is 31.0 Å². The van der Waals surface area contributed by atoms with E-state index >= 15 is 0 Å². The second-order valence-corrected chi connectivity index (χ2v) is 6.07. The van der Waals surface area contributed by atoms with Crippen LogP contribution in [-0.4, -0.2) is 37.5 Å². The summed E-state index contributed by atoms with van der Waals surface area (Å²) in [7, 11) is 0. The second kappa shape index (κ2) is 10.2. The van der Waals surface area contributed by atoms with Gasteiger partial charge in [-0.25, -0.2) is 4.79 Å². The number of halogens is 2. The van der Waals surface area contributed by atoms with Gasteiger partial charge in [-0.2, -0.15) is 8.78 Å². The number of hydrogen-bond acceptors (Lipinski definition) is 5. The zero-order valence-corrected chi connectivity index (χ0v) is 15.8. The standard InChI is InChI=1S/C20H20F2N2O5/c1-12-5-3-6-13(2)18(12)24-16(25)10-23-17(26)11-28-19(27)14-7-4-8-15(9-14)29-20(21)22/h3-9,20H,10-11H2,1-2H3,(H,23,26)(H,24,25). The van der Waals surface area contributed by atoms with Crippen LogP contribution in [0.25, 0.3) is 0 Å². The first-order chi connectivity index (χ1) is 13.8. The van der Waals surface area contributed by atoms with Crippen molar-refractivity contribution in [2.45, 2.75) is 20.5 Å². The Balaban J connectivity index is 1.79. The first-order valence-corrected chi connectivity index (χ1v) is 8.61. The van der Waals surface area contributed by atoms with Crippen LogP contribution in [0.3, 0.4) is 0 Å². The molecular formula is C20H20F2N2O5. The van der Waals surface area contributed by atoms with Crippen molar-refractivity contribution in [3.63, 3.8) is 0 Å². The molecule has 2 rings (SSSR count). The van der Waals surface area contributed by atoms with Gasteiger partial charge in [0.2, 0.25) is 5.91 Å². The molecule has 2 amide bonds. The molecule has 0 aromatic heterocycles. The zero-order chi connectivity index (χ0) is 21.4. The van der Waals surface area contributed by atoms with Gasteiger partial charge in [-0.15, -0.1) is 0 Å². The van der Waals surface area contributed by atoms with Crippen LogP contribution in [0.4, 0.5) is 14.5 Å². The third kappa shape index (κ3) is 6.87. The fourth-order valence-corrected chi connectivity index (χ4v) is 2.44. The smallest absolute Gasteiger partial charge is 0.387 e. The van der Waals surface area contributed by atoms with Crippen molar-refractivity contribution < 1.29 is 32.6 Å². The normalized spacial score (nSPS) is 10.4. The van der Waals surface area contributed by atoms with Crippen molar-refractivity contribution in [1.29, 1.82) is 0 Å². The molecule has 9 heteroatoms. The quantitative estimate of drug-likeness (QED) is 0.658. The summed E-state index contributed by atoms with van der Waals surface area (Å²) in [5.41, 5.74) is 2.39. The van der Waals surface area contributed by atoms with Crippen LogP contribution >= 0.6 is 0 Å². The summed E-state index contributed by atoms with van der Waals surface area (Å²) < 4.78 is 33.4. The maximum atomic E-state index is 12.2. The fraction of sp³-hybridized carbons (Fsp3) is 0.250. The Bertz CT molecular complexity index is 882. The zero-order valence-electron chi connectivity index (χ0n) is 15.8. The minimum Gasteiger partial charge on any atom is -0.452 e. The Labute approximate surface area is 166 Å². The van der Waals surface area contributed by atoms with E-state index in [9.17, 15) is 23.2 Å². The highest BCUT2D eigenvalue weighted by Crippen LogP contribution is 2.19. The van der Waals surface area contributed by atoms with Crippen molar-refractivity contribution in [3.05, 3.63) is 59.2 Å². The van der Waals surface area contributed by atoms with Crippen LogP contribution in [0.5, 0.6) is 5.75 Å². The monoisotopic (exact) mass is 406 g/mol. The summed E-state index contributed by atoms with van der Waals surface area (Å²) in [4.78, 5) is 35.7. The predicted molar refractivity (Wildman–Crippen MR) is 101 cm³/mol. The molecule has 0 aliphatic heterocycles. The van der Waals surface area contributed by atoms with Crippen LogP contribution < -0.4 is 15.4 Å². The number of aryl methyl sites for hydroxylation is 2. The number of amides is 2. The van der Waals surface area contributed by atoms with Crippen LogP contribution in [0.1, 0.15) is 21.5 Å². The van der Waals surface area contributed by atoms with E-state index in [1.165, 1.54) is 18.2 Å². The molecule has 0 bridgehead atoms. The van der Waals surface area contributed by atoms with Gasteiger partial charge in [0.1, 0.15) is 5.75 Å². The molecule has 0 saturated heterocycles. The maximum Gasteiger partial charge on any atom is 0.387 e. The number of carbonyl (C=O) groups excluding carboxylic acids is 3. The van der Waals surface area contributed by atoms with Crippen molar-refractivity contribution in [3.8, 4) is 5.75 Å². The molecule has 0 atom stereocenters. The van der Waals surface area contributed by atoms with Gasteiger partial charge < -0.3 is 20.1 Å².